The van der Waals surface area contributed by atoms with E-state index in [0.29, 0.717) is 12.1 Å². The summed E-state index contributed by atoms with van der Waals surface area (Å²) in [6, 6.07) is 4.60. The fourth-order valence-electron chi connectivity index (χ4n) is 2.61. The Kier molecular flexibility index (Phi) is 5.09. The Hall–Kier alpha value is -1.46. The van der Waals surface area contributed by atoms with Gasteiger partial charge in [0.25, 0.3) is 0 Å². The van der Waals surface area contributed by atoms with Crippen LogP contribution in [0.25, 0.3) is 0 Å². The molecule has 0 unspecified atom stereocenters. The third-order valence-electron chi connectivity index (χ3n) is 3.72. The Bertz CT molecular complexity index is 469. The summed E-state index contributed by atoms with van der Waals surface area (Å²) in [6.45, 7) is 5.09. The molecule has 1 aromatic rings. The highest BCUT2D eigenvalue weighted by Crippen LogP contribution is 2.12. The summed E-state index contributed by atoms with van der Waals surface area (Å²) in [5, 5.41) is 7.40. The Morgan fingerprint density at radius 3 is 2.70 bits per heavy atom. The summed E-state index contributed by atoms with van der Waals surface area (Å²) in [4.78, 5) is 4.64. The highest BCUT2D eigenvalue weighted by atomic mass is 19.1. The molecule has 0 spiro atoms. The Morgan fingerprint density at radius 1 is 1.35 bits per heavy atom. The van der Waals surface area contributed by atoms with Crippen molar-refractivity contribution < 1.29 is 4.39 Å². The minimum Gasteiger partial charge on any atom is -0.384 e. The first-order valence-electron chi connectivity index (χ1n) is 7.09. The van der Waals surface area contributed by atoms with E-state index in [2.05, 4.69) is 9.80 Å². The average molecular weight is 278 g/mol. The largest absolute Gasteiger partial charge is 0.384 e. The number of rotatable bonds is 6. The summed E-state index contributed by atoms with van der Waals surface area (Å²) in [5.41, 5.74) is 6.73. The summed E-state index contributed by atoms with van der Waals surface area (Å²) in [6.07, 6.45) is 2.60. The Labute approximate surface area is 119 Å². The molecule has 1 aromatic carbocycles. The van der Waals surface area contributed by atoms with Gasteiger partial charge in [-0.1, -0.05) is 0 Å². The number of likely N-dealkylation sites (N-methyl/N-ethyl adjacent to an activating group) is 1. The third kappa shape index (κ3) is 4.28. The van der Waals surface area contributed by atoms with Gasteiger partial charge < -0.3 is 15.5 Å². The molecular weight excluding hydrogens is 255 g/mol. The van der Waals surface area contributed by atoms with Gasteiger partial charge in [-0.3, -0.25) is 5.41 Å². The molecule has 0 bridgehead atoms. The number of nitrogens with two attached hydrogens (primary N) is 1. The molecule has 1 fully saturated rings. The van der Waals surface area contributed by atoms with Gasteiger partial charge in [0.1, 0.15) is 11.7 Å². The molecule has 20 heavy (non-hydrogen) atoms. The monoisotopic (exact) mass is 278 g/mol. The lowest BCUT2D eigenvalue weighted by molar-refractivity contribution is 0.252. The van der Waals surface area contributed by atoms with Gasteiger partial charge in [0.05, 0.1) is 0 Å². The van der Waals surface area contributed by atoms with Crippen molar-refractivity contribution in [1.82, 2.24) is 9.80 Å². The number of benzene rings is 1. The van der Waals surface area contributed by atoms with Crippen molar-refractivity contribution in [1.29, 1.82) is 5.41 Å². The van der Waals surface area contributed by atoms with Crippen molar-refractivity contribution in [3.63, 3.8) is 0 Å². The van der Waals surface area contributed by atoms with Crippen molar-refractivity contribution in [2.45, 2.75) is 19.4 Å². The maximum Gasteiger partial charge on any atom is 0.124 e. The molecule has 0 aliphatic carbocycles. The maximum absolute atomic E-state index is 13.5. The molecule has 0 amide bonds. The van der Waals surface area contributed by atoms with Crippen LogP contribution in [0.5, 0.6) is 0 Å². The van der Waals surface area contributed by atoms with Gasteiger partial charge in [0, 0.05) is 25.2 Å². The number of hydrogen-bond acceptors (Lipinski definition) is 3. The van der Waals surface area contributed by atoms with Crippen LogP contribution < -0.4 is 5.73 Å². The summed E-state index contributed by atoms with van der Waals surface area (Å²) in [5.74, 6) is -0.425. The normalized spacial score (nSPS) is 15.9. The van der Waals surface area contributed by atoms with E-state index >= 15 is 0 Å². The maximum atomic E-state index is 13.5. The molecule has 1 heterocycles. The van der Waals surface area contributed by atoms with E-state index in [-0.39, 0.29) is 11.7 Å². The van der Waals surface area contributed by atoms with Crippen LogP contribution in [0.2, 0.25) is 0 Å². The fraction of sp³-hybridized carbons (Fsp3) is 0.533. The van der Waals surface area contributed by atoms with Gasteiger partial charge in [-0.25, -0.2) is 4.39 Å². The van der Waals surface area contributed by atoms with Gasteiger partial charge >= 0.3 is 0 Å². The first kappa shape index (κ1) is 14.9. The Balaban J connectivity index is 1.89. The average Bonchev–Trinajstić information content (AvgIpc) is 2.88. The molecule has 0 aromatic heterocycles. The van der Waals surface area contributed by atoms with Gasteiger partial charge in [0.2, 0.25) is 0 Å². The molecule has 1 aliphatic rings. The lowest BCUT2D eigenvalue weighted by Crippen LogP contribution is -2.31. The van der Waals surface area contributed by atoms with Crippen LogP contribution >= 0.6 is 0 Å². The standard InChI is InChI=1S/C15H23FN4/c1-19(6-7-20-4-2-3-5-20)11-12-8-13(15(17)18)10-14(16)9-12/h8-10H,2-7,11H2,1H3,(H3,17,18). The van der Waals surface area contributed by atoms with Crippen LogP contribution in [0.3, 0.4) is 0 Å². The topological polar surface area (TPSA) is 56.4 Å². The number of likely N-dealkylation sites (tertiary alicyclic amines) is 1. The molecule has 0 radical (unpaired) electrons. The molecule has 1 saturated heterocycles. The number of nitrogens with zero attached hydrogens (tertiary/aromatic N) is 2. The summed E-state index contributed by atoms with van der Waals surface area (Å²) < 4.78 is 13.5. The minimum atomic E-state index is -0.333. The van der Waals surface area contributed by atoms with E-state index in [9.17, 15) is 4.39 Å². The zero-order chi connectivity index (χ0) is 14.5. The molecule has 110 valence electrons. The number of halogens is 1. The lowest BCUT2D eigenvalue weighted by Gasteiger charge is -2.21. The molecule has 0 saturated carbocycles. The van der Waals surface area contributed by atoms with E-state index in [1.54, 1.807) is 6.07 Å². The van der Waals surface area contributed by atoms with E-state index in [4.69, 9.17) is 11.1 Å². The van der Waals surface area contributed by atoms with Gasteiger partial charge in [-0.05, 0) is 56.7 Å². The molecule has 0 atom stereocenters. The van der Waals surface area contributed by atoms with Crippen LogP contribution in [0.15, 0.2) is 18.2 Å². The molecular formula is C15H23FN4. The SMILES string of the molecule is CN(CCN1CCCC1)Cc1cc(F)cc(C(=N)N)c1. The van der Waals surface area contributed by atoms with Crippen molar-refractivity contribution in [2.24, 2.45) is 5.73 Å². The number of amidine groups is 1. The molecule has 5 heteroatoms. The van der Waals surface area contributed by atoms with E-state index in [0.717, 1.165) is 18.7 Å². The Morgan fingerprint density at radius 2 is 2.05 bits per heavy atom. The molecule has 1 aliphatic heterocycles. The van der Waals surface area contributed by atoms with Crippen molar-refractivity contribution in [3.05, 3.63) is 35.1 Å². The second kappa shape index (κ2) is 6.81. The smallest absolute Gasteiger partial charge is 0.124 e. The number of hydrogen-bond donors (Lipinski definition) is 2. The molecule has 2 rings (SSSR count). The second-order valence-corrected chi connectivity index (χ2v) is 5.55. The number of nitrogens with one attached hydrogen (secondary N) is 1. The molecule has 4 nitrogen and oxygen atoms in total. The highest BCUT2D eigenvalue weighted by molar-refractivity contribution is 5.95. The second-order valence-electron chi connectivity index (χ2n) is 5.55. The van der Waals surface area contributed by atoms with Crippen molar-refractivity contribution >= 4 is 5.84 Å². The highest BCUT2D eigenvalue weighted by Gasteiger charge is 2.12. The minimum absolute atomic E-state index is 0.0922. The van der Waals surface area contributed by atoms with E-state index < -0.39 is 0 Å². The van der Waals surface area contributed by atoms with Crippen LogP contribution in [-0.4, -0.2) is 48.9 Å². The van der Waals surface area contributed by atoms with Crippen molar-refractivity contribution in [2.75, 3.05) is 33.2 Å². The third-order valence-corrected chi connectivity index (χ3v) is 3.72. The zero-order valence-corrected chi connectivity index (χ0v) is 12.0. The number of nitrogen functional groups attached to an aromatic ring is 1. The van der Waals surface area contributed by atoms with E-state index in [1.807, 2.05) is 7.05 Å². The first-order valence-corrected chi connectivity index (χ1v) is 7.09. The quantitative estimate of drug-likeness (QED) is 0.614. The van der Waals surface area contributed by atoms with Crippen molar-refractivity contribution in [3.8, 4) is 0 Å². The van der Waals surface area contributed by atoms with Crippen LogP contribution in [-0.2, 0) is 6.54 Å². The molecule has 3 N–H and O–H groups in total. The van der Waals surface area contributed by atoms with Crippen LogP contribution in [0.4, 0.5) is 4.39 Å². The van der Waals surface area contributed by atoms with E-state index in [1.165, 1.54) is 38.1 Å². The van der Waals surface area contributed by atoms with Crippen LogP contribution in [0, 0.1) is 11.2 Å². The van der Waals surface area contributed by atoms with Crippen LogP contribution in [0.1, 0.15) is 24.0 Å². The van der Waals surface area contributed by atoms with Gasteiger partial charge in [0.15, 0.2) is 0 Å². The van der Waals surface area contributed by atoms with Gasteiger partial charge in [-0.15, -0.1) is 0 Å². The first-order chi connectivity index (χ1) is 9.54. The predicted molar refractivity (Wildman–Crippen MR) is 79.4 cm³/mol. The van der Waals surface area contributed by atoms with Gasteiger partial charge in [-0.2, -0.15) is 0 Å². The summed E-state index contributed by atoms with van der Waals surface area (Å²) >= 11 is 0. The fourth-order valence-corrected chi connectivity index (χ4v) is 2.61. The summed E-state index contributed by atoms with van der Waals surface area (Å²) in [7, 11) is 2.04. The lowest BCUT2D eigenvalue weighted by atomic mass is 10.1. The zero-order valence-electron chi connectivity index (χ0n) is 12.0. The predicted octanol–water partition coefficient (Wildman–Crippen LogP) is 1.64.